The molecule has 0 aliphatic heterocycles. The van der Waals surface area contributed by atoms with Gasteiger partial charge in [-0.25, -0.2) is 24.7 Å². The normalized spacial score (nSPS) is 10.9. The van der Waals surface area contributed by atoms with Gasteiger partial charge in [0.1, 0.15) is 18.0 Å². The molecule has 3 aromatic heterocycles. The van der Waals surface area contributed by atoms with Crippen molar-refractivity contribution in [2.75, 3.05) is 22.5 Å². The van der Waals surface area contributed by atoms with E-state index >= 15 is 0 Å². The molecule has 12 heteroatoms. The van der Waals surface area contributed by atoms with E-state index in [4.69, 9.17) is 4.98 Å². The lowest BCUT2D eigenvalue weighted by Crippen LogP contribution is -2.30. The zero-order valence-electron chi connectivity index (χ0n) is 26.8. The second kappa shape index (κ2) is 15.7. The van der Waals surface area contributed by atoms with Crippen LogP contribution in [0.4, 0.5) is 27.8 Å². The molecule has 0 saturated carbocycles. The third-order valence-electron chi connectivity index (χ3n) is 7.46. The van der Waals surface area contributed by atoms with Gasteiger partial charge in [-0.15, -0.1) is 0 Å². The molecule has 6 rings (SSSR count). The number of halogens is 1. The Balaban J connectivity index is 1.20. The lowest BCUT2D eigenvalue weighted by Gasteiger charge is -2.15. The van der Waals surface area contributed by atoms with Gasteiger partial charge in [0.25, 0.3) is 5.91 Å². The molecule has 49 heavy (non-hydrogen) atoms. The number of rotatable bonds is 11. The van der Waals surface area contributed by atoms with Crippen molar-refractivity contribution in [1.29, 1.82) is 0 Å². The second-order valence-electron chi connectivity index (χ2n) is 11.4. The molecule has 0 fully saturated rings. The van der Waals surface area contributed by atoms with Crippen LogP contribution >= 0.6 is 27.7 Å². The Morgan fingerprint density at radius 2 is 1.67 bits per heavy atom. The summed E-state index contributed by atoms with van der Waals surface area (Å²) < 4.78 is 0.816. The molecule has 0 atom stereocenters. The van der Waals surface area contributed by atoms with Gasteiger partial charge in [0.2, 0.25) is 0 Å². The fraction of sp³-hybridized carbons (Fsp3) is 0.135. The van der Waals surface area contributed by atoms with Crippen molar-refractivity contribution < 1.29 is 9.59 Å². The van der Waals surface area contributed by atoms with Gasteiger partial charge < -0.3 is 21.3 Å². The number of hydrogen-bond acceptors (Lipinski definition) is 8. The summed E-state index contributed by atoms with van der Waals surface area (Å²) in [5.74, 6) is 0.959. The number of amides is 3. The third-order valence-corrected chi connectivity index (χ3v) is 9.01. The number of aromatic nitrogens is 4. The predicted molar refractivity (Wildman–Crippen MR) is 199 cm³/mol. The van der Waals surface area contributed by atoms with Crippen LogP contribution in [0.25, 0.3) is 11.0 Å². The first-order valence-corrected chi connectivity index (χ1v) is 17.2. The van der Waals surface area contributed by atoms with Crippen LogP contribution in [0, 0.1) is 0 Å². The average molecular weight is 734 g/mol. The molecule has 10 nitrogen and oxygen atoms in total. The Labute approximate surface area is 296 Å². The van der Waals surface area contributed by atoms with E-state index in [2.05, 4.69) is 66.0 Å². The van der Waals surface area contributed by atoms with E-state index in [0.29, 0.717) is 40.8 Å². The van der Waals surface area contributed by atoms with Crippen LogP contribution in [0.3, 0.4) is 0 Å². The number of nitrogens with zero attached hydrogens (tertiary/aromatic N) is 4. The monoisotopic (exact) mass is 732 g/mol. The van der Waals surface area contributed by atoms with Crippen molar-refractivity contribution in [1.82, 2.24) is 25.3 Å². The molecule has 0 aliphatic rings. The van der Waals surface area contributed by atoms with E-state index in [9.17, 15) is 9.59 Å². The summed E-state index contributed by atoms with van der Waals surface area (Å²) in [5.41, 5.74) is 4.48. The van der Waals surface area contributed by atoms with Gasteiger partial charge >= 0.3 is 6.03 Å². The highest BCUT2D eigenvalue weighted by Crippen LogP contribution is 2.37. The van der Waals surface area contributed by atoms with Gasteiger partial charge in [-0.3, -0.25) is 4.79 Å². The molecule has 0 saturated heterocycles. The lowest BCUT2D eigenvalue weighted by molar-refractivity contribution is 0.102. The first-order valence-electron chi connectivity index (χ1n) is 15.6. The standard InChI is InChI=1S/C37H33BrN8O2S/c1-23(2)30-15-14-29-34(44-30)41-22-42-35(29)45-31-20-25(36(47)46-33-17-9-26(38)21-40-33)8-16-32(31)49-28-12-10-27(11-13-28)43-37(48)39-19-18-24-6-4-3-5-7-24/h3-17,20-23H,18-19H2,1-2H3,(H2,39,43,48)(H,40,46,47)(H,41,42,44,45). The van der Waals surface area contributed by atoms with Crippen molar-refractivity contribution in [3.63, 3.8) is 0 Å². The van der Waals surface area contributed by atoms with Gasteiger partial charge in [-0.05, 0) is 101 Å². The number of benzene rings is 3. The molecule has 0 unspecified atom stereocenters. The number of hydrogen-bond donors (Lipinski definition) is 4. The number of carbonyl (C=O) groups excluding carboxylic acids is 2. The first kappa shape index (κ1) is 33.6. The predicted octanol–water partition coefficient (Wildman–Crippen LogP) is 8.82. The fourth-order valence-electron chi connectivity index (χ4n) is 4.88. The van der Waals surface area contributed by atoms with Crippen molar-refractivity contribution >= 4 is 73.7 Å². The number of pyridine rings is 2. The third kappa shape index (κ3) is 8.98. The molecular weight excluding hydrogens is 700 g/mol. The largest absolute Gasteiger partial charge is 0.339 e. The first-order chi connectivity index (χ1) is 23.8. The van der Waals surface area contributed by atoms with Crippen molar-refractivity contribution in [2.24, 2.45) is 0 Å². The number of fused-ring (bicyclic) bond motifs is 1. The van der Waals surface area contributed by atoms with E-state index in [1.54, 1.807) is 24.4 Å². The smallest absolute Gasteiger partial charge is 0.319 e. The highest BCUT2D eigenvalue weighted by atomic mass is 79.9. The second-order valence-corrected chi connectivity index (χ2v) is 13.4. The minimum absolute atomic E-state index is 0.254. The Morgan fingerprint density at radius 3 is 2.43 bits per heavy atom. The highest BCUT2D eigenvalue weighted by molar-refractivity contribution is 9.10. The molecule has 3 amide bonds. The molecule has 6 aromatic rings. The molecule has 246 valence electrons. The number of anilines is 4. The number of carbonyl (C=O) groups is 2. The summed E-state index contributed by atoms with van der Waals surface area (Å²) in [6.07, 6.45) is 3.86. The molecule has 0 bridgehead atoms. The molecule has 0 radical (unpaired) electrons. The lowest BCUT2D eigenvalue weighted by atomic mass is 10.1. The summed E-state index contributed by atoms with van der Waals surface area (Å²) in [5, 5.41) is 12.8. The fourth-order valence-corrected chi connectivity index (χ4v) is 5.99. The quantitative estimate of drug-likeness (QED) is 0.104. The zero-order valence-corrected chi connectivity index (χ0v) is 29.2. The summed E-state index contributed by atoms with van der Waals surface area (Å²) in [6.45, 7) is 4.70. The van der Waals surface area contributed by atoms with Crippen molar-refractivity contribution in [3.05, 3.63) is 131 Å². The van der Waals surface area contributed by atoms with Gasteiger partial charge in [-0.2, -0.15) is 0 Å². The molecule has 3 aromatic carbocycles. The number of nitrogens with one attached hydrogen (secondary N) is 4. The zero-order chi connectivity index (χ0) is 34.2. The molecule has 3 heterocycles. The summed E-state index contributed by atoms with van der Waals surface area (Å²) in [6, 6.07) is 30.3. The van der Waals surface area contributed by atoms with Gasteiger partial charge in [0, 0.05) is 44.0 Å². The van der Waals surface area contributed by atoms with Crippen LogP contribution in [0.1, 0.15) is 41.4 Å². The topological polar surface area (TPSA) is 134 Å². The van der Waals surface area contributed by atoms with E-state index in [1.165, 1.54) is 18.1 Å². The van der Waals surface area contributed by atoms with Crippen LogP contribution in [0.2, 0.25) is 0 Å². The molecule has 0 spiro atoms. The highest BCUT2D eigenvalue weighted by Gasteiger charge is 2.15. The van der Waals surface area contributed by atoms with E-state index < -0.39 is 0 Å². The molecular formula is C37H33BrN8O2S. The summed E-state index contributed by atoms with van der Waals surface area (Å²) in [4.78, 5) is 45.4. The van der Waals surface area contributed by atoms with Crippen molar-refractivity contribution in [3.8, 4) is 0 Å². The molecule has 4 N–H and O–H groups in total. The Morgan fingerprint density at radius 1 is 0.857 bits per heavy atom. The van der Waals surface area contributed by atoms with E-state index in [0.717, 1.165) is 37.3 Å². The maximum atomic E-state index is 13.3. The van der Waals surface area contributed by atoms with Gasteiger partial charge in [0.15, 0.2) is 5.65 Å². The number of urea groups is 1. The maximum absolute atomic E-state index is 13.3. The Bertz CT molecular complexity index is 2080. The Hall–Kier alpha value is -5.33. The van der Waals surface area contributed by atoms with Gasteiger partial charge in [0.05, 0.1) is 11.1 Å². The maximum Gasteiger partial charge on any atom is 0.319 e. The minimum Gasteiger partial charge on any atom is -0.339 e. The Kier molecular flexibility index (Phi) is 10.8. The average Bonchev–Trinajstić information content (AvgIpc) is 3.11. The minimum atomic E-state index is -0.303. The van der Waals surface area contributed by atoms with Crippen LogP contribution in [-0.2, 0) is 6.42 Å². The van der Waals surface area contributed by atoms with Crippen molar-refractivity contribution in [2.45, 2.75) is 36.0 Å². The summed E-state index contributed by atoms with van der Waals surface area (Å²) >= 11 is 4.88. The van der Waals surface area contributed by atoms with E-state index in [-0.39, 0.29) is 17.9 Å². The van der Waals surface area contributed by atoms with Crippen LogP contribution in [0.15, 0.2) is 124 Å². The van der Waals surface area contributed by atoms with Gasteiger partial charge in [-0.1, -0.05) is 55.9 Å². The van der Waals surface area contributed by atoms with E-state index in [1.807, 2.05) is 78.9 Å². The summed E-state index contributed by atoms with van der Waals surface area (Å²) in [7, 11) is 0. The molecule has 0 aliphatic carbocycles. The van der Waals surface area contributed by atoms with Crippen LogP contribution in [-0.4, -0.2) is 38.4 Å². The SMILES string of the molecule is CC(C)c1ccc2c(Nc3cc(C(=O)Nc4ccc(Br)cn4)ccc3Sc3ccc(NC(=O)NCCc4ccccc4)cc3)ncnc2n1. The van der Waals surface area contributed by atoms with Crippen LogP contribution < -0.4 is 21.3 Å². The van der Waals surface area contributed by atoms with Crippen LogP contribution in [0.5, 0.6) is 0 Å².